The van der Waals surface area contributed by atoms with E-state index in [0.29, 0.717) is 37.4 Å². The first-order valence-corrected chi connectivity index (χ1v) is 8.21. The highest BCUT2D eigenvalue weighted by molar-refractivity contribution is 5.26. The average Bonchev–Trinajstić information content (AvgIpc) is 3.25. The maximum atomic E-state index is 5.81. The standard InChI is InChI=1S/C18H19N3O4/c1-13-19-18(25-20-13)16-12-22-10-9-21(16)11-15-7-8-17(24-15)23-14-5-3-2-4-6-14/h2-8,16H,9-12H2,1H3/t16-/m0/s1. The van der Waals surface area contributed by atoms with Gasteiger partial charge in [-0.15, -0.1) is 0 Å². The van der Waals surface area contributed by atoms with Crippen molar-refractivity contribution in [2.24, 2.45) is 0 Å². The molecule has 3 aromatic rings. The van der Waals surface area contributed by atoms with Crippen LogP contribution in [0.15, 0.2) is 51.4 Å². The Bertz CT molecular complexity index is 815. The van der Waals surface area contributed by atoms with E-state index in [1.807, 2.05) is 42.5 Å². The smallest absolute Gasteiger partial charge is 0.290 e. The summed E-state index contributed by atoms with van der Waals surface area (Å²) in [6.07, 6.45) is 0. The number of hydrogen-bond acceptors (Lipinski definition) is 7. The Morgan fingerprint density at radius 2 is 2.08 bits per heavy atom. The second-order valence-electron chi connectivity index (χ2n) is 5.88. The van der Waals surface area contributed by atoms with E-state index < -0.39 is 0 Å². The summed E-state index contributed by atoms with van der Waals surface area (Å²) in [5, 5.41) is 3.87. The van der Waals surface area contributed by atoms with Gasteiger partial charge in [0.2, 0.25) is 5.89 Å². The van der Waals surface area contributed by atoms with Crippen molar-refractivity contribution in [3.63, 3.8) is 0 Å². The summed E-state index contributed by atoms with van der Waals surface area (Å²) in [5.41, 5.74) is 0. The second-order valence-corrected chi connectivity index (χ2v) is 5.88. The molecule has 0 saturated carbocycles. The molecule has 7 heteroatoms. The minimum Gasteiger partial charge on any atom is -0.429 e. The molecule has 0 N–H and O–H groups in total. The highest BCUT2D eigenvalue weighted by Gasteiger charge is 2.30. The van der Waals surface area contributed by atoms with Crippen molar-refractivity contribution in [3.05, 3.63) is 59.9 Å². The Morgan fingerprint density at radius 3 is 2.88 bits per heavy atom. The van der Waals surface area contributed by atoms with E-state index in [2.05, 4.69) is 15.0 Å². The Kier molecular flexibility index (Phi) is 4.49. The fourth-order valence-corrected chi connectivity index (χ4v) is 2.81. The van der Waals surface area contributed by atoms with Crippen molar-refractivity contribution < 1.29 is 18.4 Å². The number of para-hydroxylation sites is 1. The molecule has 0 amide bonds. The van der Waals surface area contributed by atoms with Crippen LogP contribution in [0.4, 0.5) is 0 Å². The molecule has 1 fully saturated rings. The number of nitrogens with zero attached hydrogens (tertiary/aromatic N) is 3. The summed E-state index contributed by atoms with van der Waals surface area (Å²) in [7, 11) is 0. The molecule has 0 aliphatic carbocycles. The monoisotopic (exact) mass is 341 g/mol. The molecule has 25 heavy (non-hydrogen) atoms. The number of aromatic nitrogens is 2. The maximum Gasteiger partial charge on any atom is 0.290 e. The molecule has 0 unspecified atom stereocenters. The van der Waals surface area contributed by atoms with Crippen molar-refractivity contribution >= 4 is 0 Å². The fraction of sp³-hybridized carbons (Fsp3) is 0.333. The van der Waals surface area contributed by atoms with Gasteiger partial charge < -0.3 is 18.4 Å². The zero-order valence-corrected chi connectivity index (χ0v) is 13.9. The summed E-state index contributed by atoms with van der Waals surface area (Å²) in [5.74, 6) is 3.23. The van der Waals surface area contributed by atoms with Crippen LogP contribution in [-0.4, -0.2) is 34.8 Å². The Balaban J connectivity index is 1.45. The number of furan rings is 1. The van der Waals surface area contributed by atoms with E-state index in [9.17, 15) is 0 Å². The van der Waals surface area contributed by atoms with Gasteiger partial charge in [-0.3, -0.25) is 4.90 Å². The number of ether oxygens (including phenoxy) is 2. The molecule has 1 atom stereocenters. The molecule has 130 valence electrons. The molecule has 1 aromatic carbocycles. The van der Waals surface area contributed by atoms with E-state index in [4.69, 9.17) is 18.4 Å². The van der Waals surface area contributed by atoms with Crippen LogP contribution in [0.2, 0.25) is 0 Å². The molecule has 3 heterocycles. The second kappa shape index (κ2) is 7.08. The average molecular weight is 341 g/mol. The van der Waals surface area contributed by atoms with E-state index >= 15 is 0 Å². The van der Waals surface area contributed by atoms with Gasteiger partial charge in [0.25, 0.3) is 5.95 Å². The van der Waals surface area contributed by atoms with Gasteiger partial charge in [-0.05, 0) is 25.1 Å². The largest absolute Gasteiger partial charge is 0.429 e. The SMILES string of the molecule is Cc1noc([C@@H]2COCCN2Cc2ccc(Oc3ccccc3)o2)n1. The number of aryl methyl sites for hydroxylation is 1. The normalized spacial score (nSPS) is 18.4. The molecule has 0 radical (unpaired) electrons. The van der Waals surface area contributed by atoms with Gasteiger partial charge in [0, 0.05) is 12.6 Å². The highest BCUT2D eigenvalue weighted by Crippen LogP contribution is 2.28. The Labute approximate surface area is 145 Å². The number of hydrogen-bond donors (Lipinski definition) is 0. The zero-order valence-electron chi connectivity index (χ0n) is 13.9. The van der Waals surface area contributed by atoms with Crippen LogP contribution < -0.4 is 4.74 Å². The van der Waals surface area contributed by atoms with E-state index in [1.165, 1.54) is 0 Å². The highest BCUT2D eigenvalue weighted by atomic mass is 16.6. The van der Waals surface area contributed by atoms with Crippen LogP contribution in [0, 0.1) is 6.92 Å². The molecule has 1 aliphatic heterocycles. The zero-order chi connectivity index (χ0) is 17.1. The van der Waals surface area contributed by atoms with Gasteiger partial charge in [0.05, 0.1) is 19.8 Å². The van der Waals surface area contributed by atoms with Crippen molar-refractivity contribution in [2.45, 2.75) is 19.5 Å². The van der Waals surface area contributed by atoms with Gasteiger partial charge >= 0.3 is 0 Å². The lowest BCUT2D eigenvalue weighted by molar-refractivity contribution is -0.0268. The molecule has 0 spiro atoms. The quantitative estimate of drug-likeness (QED) is 0.704. The molecule has 4 rings (SSSR count). The lowest BCUT2D eigenvalue weighted by Crippen LogP contribution is -2.39. The van der Waals surface area contributed by atoms with E-state index in [1.54, 1.807) is 6.92 Å². The molecule has 0 bridgehead atoms. The van der Waals surface area contributed by atoms with Crippen molar-refractivity contribution in [2.75, 3.05) is 19.8 Å². The van der Waals surface area contributed by atoms with Gasteiger partial charge in [-0.1, -0.05) is 23.4 Å². The van der Waals surface area contributed by atoms with Crippen molar-refractivity contribution in [1.29, 1.82) is 0 Å². The number of benzene rings is 1. The van der Waals surface area contributed by atoms with Gasteiger partial charge in [0.15, 0.2) is 5.82 Å². The topological polar surface area (TPSA) is 73.8 Å². The molecular weight excluding hydrogens is 322 g/mol. The Morgan fingerprint density at radius 1 is 1.20 bits per heavy atom. The molecular formula is C18H19N3O4. The maximum absolute atomic E-state index is 5.81. The lowest BCUT2D eigenvalue weighted by Gasteiger charge is -2.32. The Hall–Kier alpha value is -2.64. The van der Waals surface area contributed by atoms with Crippen LogP contribution >= 0.6 is 0 Å². The first-order chi connectivity index (χ1) is 12.3. The van der Waals surface area contributed by atoms with E-state index in [0.717, 1.165) is 18.1 Å². The summed E-state index contributed by atoms with van der Waals surface area (Å²) in [4.78, 5) is 6.54. The summed E-state index contributed by atoms with van der Waals surface area (Å²) in [6.45, 7) is 4.38. The van der Waals surface area contributed by atoms with E-state index in [-0.39, 0.29) is 6.04 Å². The third-order valence-electron chi connectivity index (χ3n) is 4.03. The van der Waals surface area contributed by atoms with Crippen LogP contribution in [0.5, 0.6) is 11.7 Å². The first kappa shape index (κ1) is 15.9. The number of rotatable bonds is 5. The lowest BCUT2D eigenvalue weighted by atomic mass is 10.2. The van der Waals surface area contributed by atoms with Crippen LogP contribution in [0.3, 0.4) is 0 Å². The van der Waals surface area contributed by atoms with Gasteiger partial charge in [0.1, 0.15) is 17.6 Å². The third-order valence-corrected chi connectivity index (χ3v) is 4.03. The van der Waals surface area contributed by atoms with Crippen molar-refractivity contribution in [3.8, 4) is 11.7 Å². The summed E-state index contributed by atoms with van der Waals surface area (Å²) in [6, 6.07) is 13.2. The summed E-state index contributed by atoms with van der Waals surface area (Å²) >= 11 is 0. The van der Waals surface area contributed by atoms with Crippen LogP contribution in [-0.2, 0) is 11.3 Å². The molecule has 7 nitrogen and oxygen atoms in total. The molecule has 1 saturated heterocycles. The van der Waals surface area contributed by atoms with Crippen molar-refractivity contribution in [1.82, 2.24) is 15.0 Å². The predicted molar refractivity (Wildman–Crippen MR) is 88.2 cm³/mol. The van der Waals surface area contributed by atoms with Crippen LogP contribution in [0.25, 0.3) is 0 Å². The molecule has 2 aromatic heterocycles. The third kappa shape index (κ3) is 3.72. The fourth-order valence-electron chi connectivity index (χ4n) is 2.81. The first-order valence-electron chi connectivity index (χ1n) is 8.21. The predicted octanol–water partition coefficient (Wildman–Crippen LogP) is 3.34. The molecule has 1 aliphatic rings. The minimum atomic E-state index is -0.0708. The van der Waals surface area contributed by atoms with Crippen LogP contribution in [0.1, 0.15) is 23.5 Å². The minimum absolute atomic E-state index is 0.0708. The number of morpholine rings is 1. The summed E-state index contributed by atoms with van der Waals surface area (Å²) < 4.78 is 22.4. The van der Waals surface area contributed by atoms with Gasteiger partial charge in [-0.25, -0.2) is 0 Å². The van der Waals surface area contributed by atoms with Gasteiger partial charge in [-0.2, -0.15) is 4.98 Å².